The number of ether oxygens (including phenoxy) is 2. The van der Waals surface area contributed by atoms with E-state index in [1.165, 1.54) is 16.7 Å². The molecule has 1 amide bonds. The maximum absolute atomic E-state index is 12.7. The van der Waals surface area contributed by atoms with Crippen molar-refractivity contribution in [3.8, 4) is 5.75 Å². The lowest BCUT2D eigenvalue weighted by Gasteiger charge is -2.29. The Morgan fingerprint density at radius 1 is 1.15 bits per heavy atom. The van der Waals surface area contributed by atoms with Crippen molar-refractivity contribution in [3.05, 3.63) is 59.2 Å². The van der Waals surface area contributed by atoms with Crippen molar-refractivity contribution in [2.45, 2.75) is 44.6 Å². The zero-order valence-corrected chi connectivity index (χ0v) is 15.9. The number of hydrogen-bond donors (Lipinski definition) is 0. The lowest BCUT2D eigenvalue weighted by Crippen LogP contribution is -2.35. The Hall–Kier alpha value is -2.33. The summed E-state index contributed by atoms with van der Waals surface area (Å²) < 4.78 is 11.6. The number of amides is 1. The average Bonchev–Trinajstić information content (AvgIpc) is 3.14. The monoisotopic (exact) mass is 365 g/mol. The van der Waals surface area contributed by atoms with E-state index in [2.05, 4.69) is 18.2 Å². The van der Waals surface area contributed by atoms with Crippen molar-refractivity contribution < 1.29 is 14.3 Å². The van der Waals surface area contributed by atoms with Crippen molar-refractivity contribution in [2.75, 3.05) is 25.2 Å². The molecular weight excluding hydrogens is 338 g/mol. The molecule has 2 aromatic rings. The lowest BCUT2D eigenvalue weighted by molar-refractivity contribution is -0.118. The molecule has 1 atom stereocenters. The number of benzene rings is 2. The van der Waals surface area contributed by atoms with Crippen LogP contribution < -0.4 is 9.64 Å². The number of methoxy groups -OCH3 is 1. The maximum atomic E-state index is 12.7. The standard InChI is InChI=1S/C23H27NO3/c1-26-21-14-13-19-18(21)9-4-11-22(19)27-16-6-12-23(25)24-15-5-8-17-7-2-3-10-20(17)24/h2-4,7,9-11,21H,5-6,8,12-16H2,1H3. The molecule has 4 nitrogen and oxygen atoms in total. The van der Waals surface area contributed by atoms with Gasteiger partial charge in [-0.3, -0.25) is 4.79 Å². The zero-order valence-electron chi connectivity index (χ0n) is 15.9. The molecule has 0 bridgehead atoms. The summed E-state index contributed by atoms with van der Waals surface area (Å²) in [6, 6.07) is 14.4. The van der Waals surface area contributed by atoms with Crippen LogP contribution in [0.1, 0.15) is 48.5 Å². The number of nitrogens with zero attached hydrogens (tertiary/aromatic N) is 1. The van der Waals surface area contributed by atoms with Crippen LogP contribution in [0.4, 0.5) is 5.69 Å². The third kappa shape index (κ3) is 3.72. The van der Waals surface area contributed by atoms with Crippen LogP contribution in [0, 0.1) is 0 Å². The Balaban J connectivity index is 1.32. The number of rotatable bonds is 6. The molecule has 0 saturated carbocycles. The van der Waals surface area contributed by atoms with Gasteiger partial charge in [-0.2, -0.15) is 0 Å². The second-order valence-electron chi connectivity index (χ2n) is 7.32. The van der Waals surface area contributed by atoms with Crippen LogP contribution in [0.2, 0.25) is 0 Å². The Bertz CT molecular complexity index is 817. The second-order valence-corrected chi connectivity index (χ2v) is 7.32. The fourth-order valence-corrected chi connectivity index (χ4v) is 4.30. The SMILES string of the molecule is COC1CCc2c(OCCCC(=O)N3CCCc4ccccc43)cccc21. The van der Waals surface area contributed by atoms with Crippen LogP contribution in [0.5, 0.6) is 5.75 Å². The third-order valence-corrected chi connectivity index (χ3v) is 5.66. The number of carbonyl (C=O) groups excluding carboxylic acids is 1. The minimum absolute atomic E-state index is 0.185. The molecule has 0 spiro atoms. The average molecular weight is 365 g/mol. The first-order valence-corrected chi connectivity index (χ1v) is 9.93. The molecule has 0 fully saturated rings. The van der Waals surface area contributed by atoms with E-state index >= 15 is 0 Å². The summed E-state index contributed by atoms with van der Waals surface area (Å²) in [7, 11) is 1.76. The fourth-order valence-electron chi connectivity index (χ4n) is 4.30. The van der Waals surface area contributed by atoms with Gasteiger partial charge in [-0.25, -0.2) is 0 Å². The quantitative estimate of drug-likeness (QED) is 0.710. The van der Waals surface area contributed by atoms with Crippen LogP contribution in [0.3, 0.4) is 0 Å². The number of para-hydroxylation sites is 1. The number of aryl methyl sites for hydroxylation is 1. The van der Waals surface area contributed by atoms with E-state index in [4.69, 9.17) is 9.47 Å². The predicted molar refractivity (Wildman–Crippen MR) is 106 cm³/mol. The highest BCUT2D eigenvalue weighted by atomic mass is 16.5. The van der Waals surface area contributed by atoms with Crippen LogP contribution >= 0.6 is 0 Å². The van der Waals surface area contributed by atoms with Gasteiger partial charge in [0.2, 0.25) is 5.91 Å². The van der Waals surface area contributed by atoms with Gasteiger partial charge in [-0.05, 0) is 55.4 Å². The first kappa shape index (κ1) is 18.1. The number of carbonyl (C=O) groups is 1. The summed E-state index contributed by atoms with van der Waals surface area (Å²) in [6.45, 7) is 1.39. The van der Waals surface area contributed by atoms with E-state index < -0.39 is 0 Å². The molecule has 0 radical (unpaired) electrons. The van der Waals surface area contributed by atoms with Crippen molar-refractivity contribution in [3.63, 3.8) is 0 Å². The Kier molecular flexibility index (Phi) is 5.44. The molecule has 142 valence electrons. The first-order valence-electron chi connectivity index (χ1n) is 9.93. The highest BCUT2D eigenvalue weighted by Crippen LogP contribution is 2.38. The van der Waals surface area contributed by atoms with Crippen molar-refractivity contribution in [2.24, 2.45) is 0 Å². The van der Waals surface area contributed by atoms with Crippen LogP contribution in [0.15, 0.2) is 42.5 Å². The van der Waals surface area contributed by atoms with Gasteiger partial charge in [-0.15, -0.1) is 0 Å². The molecule has 4 heteroatoms. The molecular formula is C23H27NO3. The van der Waals surface area contributed by atoms with Gasteiger partial charge in [0, 0.05) is 31.3 Å². The summed E-state index contributed by atoms with van der Waals surface area (Å²) in [6.07, 6.45) is 5.54. The van der Waals surface area contributed by atoms with Gasteiger partial charge in [-0.1, -0.05) is 30.3 Å². The largest absolute Gasteiger partial charge is 0.493 e. The summed E-state index contributed by atoms with van der Waals surface area (Å²) in [5, 5.41) is 0. The highest BCUT2D eigenvalue weighted by Gasteiger charge is 2.25. The van der Waals surface area contributed by atoms with Crippen molar-refractivity contribution >= 4 is 11.6 Å². The number of fused-ring (bicyclic) bond motifs is 2. The number of anilines is 1. The maximum Gasteiger partial charge on any atom is 0.227 e. The molecule has 0 N–H and O–H groups in total. The minimum Gasteiger partial charge on any atom is -0.493 e. The topological polar surface area (TPSA) is 38.8 Å². The van der Waals surface area contributed by atoms with E-state index in [-0.39, 0.29) is 12.0 Å². The third-order valence-electron chi connectivity index (χ3n) is 5.66. The van der Waals surface area contributed by atoms with Gasteiger partial charge in [0.15, 0.2) is 0 Å². The highest BCUT2D eigenvalue weighted by molar-refractivity contribution is 5.94. The molecule has 1 aliphatic heterocycles. The molecule has 2 aliphatic rings. The molecule has 0 saturated heterocycles. The van der Waals surface area contributed by atoms with E-state index in [0.29, 0.717) is 13.0 Å². The predicted octanol–water partition coefficient (Wildman–Crippen LogP) is 4.46. The van der Waals surface area contributed by atoms with Crippen LogP contribution in [-0.4, -0.2) is 26.2 Å². The summed E-state index contributed by atoms with van der Waals surface area (Å²) in [4.78, 5) is 14.6. The molecule has 1 aliphatic carbocycles. The zero-order chi connectivity index (χ0) is 18.6. The molecule has 2 aromatic carbocycles. The van der Waals surface area contributed by atoms with E-state index in [0.717, 1.165) is 50.1 Å². The molecule has 4 rings (SSSR count). The Morgan fingerprint density at radius 3 is 2.93 bits per heavy atom. The fraction of sp³-hybridized carbons (Fsp3) is 0.435. The molecule has 27 heavy (non-hydrogen) atoms. The van der Waals surface area contributed by atoms with E-state index in [1.807, 2.05) is 29.2 Å². The Morgan fingerprint density at radius 2 is 2.04 bits per heavy atom. The van der Waals surface area contributed by atoms with Crippen molar-refractivity contribution in [1.29, 1.82) is 0 Å². The summed E-state index contributed by atoms with van der Waals surface area (Å²) >= 11 is 0. The molecule has 1 unspecified atom stereocenters. The smallest absolute Gasteiger partial charge is 0.227 e. The summed E-state index contributed by atoms with van der Waals surface area (Å²) in [5.41, 5.74) is 4.87. The lowest BCUT2D eigenvalue weighted by atomic mass is 10.0. The van der Waals surface area contributed by atoms with Gasteiger partial charge in [0.25, 0.3) is 0 Å². The normalized spacial score (nSPS) is 18.1. The molecule has 1 heterocycles. The minimum atomic E-state index is 0.185. The Labute approximate surface area is 161 Å². The van der Waals surface area contributed by atoms with Gasteiger partial charge in [0.05, 0.1) is 12.7 Å². The van der Waals surface area contributed by atoms with E-state index in [1.54, 1.807) is 7.11 Å². The van der Waals surface area contributed by atoms with Crippen molar-refractivity contribution in [1.82, 2.24) is 0 Å². The first-order chi connectivity index (χ1) is 13.3. The van der Waals surface area contributed by atoms with Gasteiger partial charge < -0.3 is 14.4 Å². The summed E-state index contributed by atoms with van der Waals surface area (Å²) in [5.74, 6) is 1.14. The number of hydrogen-bond acceptors (Lipinski definition) is 3. The molecule has 0 aromatic heterocycles. The van der Waals surface area contributed by atoms with Gasteiger partial charge in [0.1, 0.15) is 5.75 Å². The van der Waals surface area contributed by atoms with Crippen LogP contribution in [-0.2, 0) is 22.4 Å². The van der Waals surface area contributed by atoms with Gasteiger partial charge >= 0.3 is 0 Å². The second kappa shape index (κ2) is 8.13. The van der Waals surface area contributed by atoms with Crippen LogP contribution in [0.25, 0.3) is 0 Å². The van der Waals surface area contributed by atoms with E-state index in [9.17, 15) is 4.79 Å².